The lowest BCUT2D eigenvalue weighted by molar-refractivity contribution is -0.140. The molecule has 1 aromatic rings. The average Bonchev–Trinajstić information content (AvgIpc) is 2.57. The number of hydrogen-bond acceptors (Lipinski definition) is 3. The minimum atomic E-state index is -0.230. The third-order valence-corrected chi connectivity index (χ3v) is 4.98. The van der Waals surface area contributed by atoms with Gasteiger partial charge in [0.2, 0.25) is 5.91 Å². The van der Waals surface area contributed by atoms with Crippen molar-refractivity contribution < 1.29 is 13.9 Å². The first-order valence-corrected chi connectivity index (χ1v) is 8.52. The van der Waals surface area contributed by atoms with Gasteiger partial charge in [0.05, 0.1) is 12.7 Å². The molecular weight excluding hydrogens is 295 g/mol. The molecule has 2 aliphatic rings. The van der Waals surface area contributed by atoms with Gasteiger partial charge in [0, 0.05) is 19.6 Å². The highest BCUT2D eigenvalue weighted by Gasteiger charge is 2.33. The van der Waals surface area contributed by atoms with Crippen LogP contribution in [0.1, 0.15) is 25.3 Å². The molecule has 2 fully saturated rings. The van der Waals surface area contributed by atoms with Gasteiger partial charge >= 0.3 is 0 Å². The summed E-state index contributed by atoms with van der Waals surface area (Å²) in [4.78, 5) is 14.5. The Bertz CT molecular complexity index is 544. The van der Waals surface area contributed by atoms with Crippen molar-refractivity contribution in [2.24, 2.45) is 5.92 Å². The van der Waals surface area contributed by atoms with Crippen molar-refractivity contribution in [2.45, 2.75) is 38.3 Å². The molecule has 0 saturated carbocycles. The van der Waals surface area contributed by atoms with E-state index in [-0.39, 0.29) is 23.9 Å². The molecule has 0 aliphatic carbocycles. The van der Waals surface area contributed by atoms with Gasteiger partial charge in [0.15, 0.2) is 0 Å². The number of carbonyl (C=O) groups excluding carboxylic acids is 1. The number of likely N-dealkylation sites (tertiary alicyclic amines) is 1. The number of nitrogens with zero attached hydrogens (tertiary/aromatic N) is 1. The van der Waals surface area contributed by atoms with Gasteiger partial charge in [0.1, 0.15) is 11.9 Å². The minimum absolute atomic E-state index is 0.0765. The molecule has 0 bridgehead atoms. The van der Waals surface area contributed by atoms with Crippen LogP contribution in [0.2, 0.25) is 0 Å². The average molecular weight is 320 g/mol. The molecule has 0 unspecified atom stereocenters. The van der Waals surface area contributed by atoms with Crippen molar-refractivity contribution in [3.8, 4) is 0 Å². The highest BCUT2D eigenvalue weighted by molar-refractivity contribution is 5.82. The van der Waals surface area contributed by atoms with Crippen LogP contribution in [0.4, 0.5) is 4.39 Å². The van der Waals surface area contributed by atoms with Gasteiger partial charge in [-0.3, -0.25) is 4.79 Å². The van der Waals surface area contributed by atoms with Crippen molar-refractivity contribution in [1.82, 2.24) is 10.2 Å². The number of amides is 1. The summed E-state index contributed by atoms with van der Waals surface area (Å²) in [5.74, 6) is 0.467. The first-order valence-electron chi connectivity index (χ1n) is 8.52. The summed E-state index contributed by atoms with van der Waals surface area (Å²) in [6.45, 7) is 4.84. The monoisotopic (exact) mass is 320 g/mol. The molecule has 0 aromatic heterocycles. The maximum atomic E-state index is 13.7. The molecular formula is C18H25FN2O2. The van der Waals surface area contributed by atoms with Crippen LogP contribution in [0, 0.1) is 11.7 Å². The number of ether oxygens (including phenoxy) is 1. The van der Waals surface area contributed by atoms with Crippen LogP contribution in [0.3, 0.4) is 0 Å². The number of nitrogens with one attached hydrogen (secondary N) is 1. The summed E-state index contributed by atoms with van der Waals surface area (Å²) in [5.41, 5.74) is 0.785. The lowest BCUT2D eigenvalue weighted by atomic mass is 9.89. The van der Waals surface area contributed by atoms with Crippen LogP contribution in [0.5, 0.6) is 0 Å². The zero-order valence-electron chi connectivity index (χ0n) is 13.6. The number of rotatable bonds is 3. The first kappa shape index (κ1) is 16.4. The lowest BCUT2D eigenvalue weighted by Crippen LogP contribution is -2.57. The zero-order chi connectivity index (χ0) is 16.2. The van der Waals surface area contributed by atoms with Crippen LogP contribution in [-0.4, -0.2) is 49.2 Å². The van der Waals surface area contributed by atoms with Crippen LogP contribution >= 0.6 is 0 Å². The van der Waals surface area contributed by atoms with Gasteiger partial charge in [-0.15, -0.1) is 0 Å². The van der Waals surface area contributed by atoms with E-state index < -0.39 is 0 Å². The number of halogens is 1. The predicted molar refractivity (Wildman–Crippen MR) is 86.6 cm³/mol. The van der Waals surface area contributed by atoms with E-state index in [1.54, 1.807) is 6.07 Å². The highest BCUT2D eigenvalue weighted by atomic mass is 19.1. The SMILES string of the molecule is C[C@H]1OCCN[C@@H]1C(=O)N1CCC(Cc2ccccc2F)CC1. The Hall–Kier alpha value is -1.46. The van der Waals surface area contributed by atoms with Gasteiger partial charge in [-0.05, 0) is 43.7 Å². The summed E-state index contributed by atoms with van der Waals surface area (Å²) in [5, 5.41) is 3.26. The normalized spacial score (nSPS) is 26.3. The number of piperidine rings is 1. The quantitative estimate of drug-likeness (QED) is 0.926. The van der Waals surface area contributed by atoms with E-state index in [4.69, 9.17) is 4.74 Å². The summed E-state index contributed by atoms with van der Waals surface area (Å²) < 4.78 is 19.3. The molecule has 0 spiro atoms. The van der Waals surface area contributed by atoms with Crippen LogP contribution in [0.25, 0.3) is 0 Å². The molecule has 5 heteroatoms. The molecule has 3 rings (SSSR count). The second-order valence-corrected chi connectivity index (χ2v) is 6.57. The molecule has 2 heterocycles. The molecule has 0 radical (unpaired) electrons. The summed E-state index contributed by atoms with van der Waals surface area (Å²) in [6, 6.07) is 6.75. The van der Waals surface area contributed by atoms with Crippen LogP contribution < -0.4 is 5.32 Å². The summed E-state index contributed by atoms with van der Waals surface area (Å²) in [6.07, 6.45) is 2.55. The number of benzene rings is 1. The smallest absolute Gasteiger partial charge is 0.242 e. The Balaban J connectivity index is 1.52. The topological polar surface area (TPSA) is 41.6 Å². The van der Waals surface area contributed by atoms with E-state index in [1.807, 2.05) is 24.0 Å². The van der Waals surface area contributed by atoms with Crippen LogP contribution in [-0.2, 0) is 16.0 Å². The highest BCUT2D eigenvalue weighted by Crippen LogP contribution is 2.24. The van der Waals surface area contributed by atoms with Gasteiger partial charge < -0.3 is 15.0 Å². The Kier molecular flexibility index (Phi) is 5.28. The number of hydrogen-bond donors (Lipinski definition) is 1. The Morgan fingerprint density at radius 3 is 2.78 bits per heavy atom. The predicted octanol–water partition coefficient (Wildman–Crippen LogP) is 1.98. The van der Waals surface area contributed by atoms with E-state index in [0.717, 1.165) is 44.5 Å². The third-order valence-electron chi connectivity index (χ3n) is 4.98. The molecule has 126 valence electrons. The fourth-order valence-electron chi connectivity index (χ4n) is 3.54. The molecule has 2 saturated heterocycles. The Morgan fingerprint density at radius 2 is 2.09 bits per heavy atom. The van der Waals surface area contributed by atoms with Gasteiger partial charge in [-0.25, -0.2) is 4.39 Å². The van der Waals surface area contributed by atoms with E-state index in [9.17, 15) is 9.18 Å². The van der Waals surface area contributed by atoms with Gasteiger partial charge in [-0.2, -0.15) is 0 Å². The van der Waals surface area contributed by atoms with E-state index >= 15 is 0 Å². The zero-order valence-corrected chi connectivity index (χ0v) is 13.6. The van der Waals surface area contributed by atoms with Gasteiger partial charge in [0.25, 0.3) is 0 Å². The standard InChI is InChI=1S/C18H25FN2O2/c1-13-17(20-8-11-23-13)18(22)21-9-6-14(7-10-21)12-15-4-2-3-5-16(15)19/h2-5,13-14,17,20H,6-12H2,1H3/t13-,17+/m1/s1. The summed E-state index contributed by atoms with van der Waals surface area (Å²) in [7, 11) is 0. The molecule has 1 aromatic carbocycles. The maximum absolute atomic E-state index is 13.7. The largest absolute Gasteiger partial charge is 0.375 e. The van der Waals surface area contributed by atoms with Crippen LogP contribution in [0.15, 0.2) is 24.3 Å². The second kappa shape index (κ2) is 7.41. The first-order chi connectivity index (χ1) is 11.1. The van der Waals surface area contributed by atoms with Crippen molar-refractivity contribution in [2.75, 3.05) is 26.2 Å². The van der Waals surface area contributed by atoms with E-state index in [1.165, 1.54) is 6.07 Å². The Morgan fingerprint density at radius 1 is 1.35 bits per heavy atom. The number of carbonyl (C=O) groups is 1. The van der Waals surface area contributed by atoms with Crippen molar-refractivity contribution in [3.63, 3.8) is 0 Å². The molecule has 1 N–H and O–H groups in total. The fraction of sp³-hybridized carbons (Fsp3) is 0.611. The second-order valence-electron chi connectivity index (χ2n) is 6.57. The molecule has 2 atom stereocenters. The maximum Gasteiger partial charge on any atom is 0.242 e. The molecule has 2 aliphatic heterocycles. The van der Waals surface area contributed by atoms with Crippen molar-refractivity contribution in [1.29, 1.82) is 0 Å². The van der Waals surface area contributed by atoms with Crippen molar-refractivity contribution in [3.05, 3.63) is 35.6 Å². The summed E-state index contributed by atoms with van der Waals surface area (Å²) >= 11 is 0. The van der Waals surface area contributed by atoms with E-state index in [0.29, 0.717) is 12.5 Å². The van der Waals surface area contributed by atoms with E-state index in [2.05, 4.69) is 5.32 Å². The van der Waals surface area contributed by atoms with Crippen molar-refractivity contribution >= 4 is 5.91 Å². The molecule has 1 amide bonds. The molecule has 4 nitrogen and oxygen atoms in total. The third kappa shape index (κ3) is 3.90. The fourth-order valence-corrected chi connectivity index (χ4v) is 3.54. The number of morpholine rings is 1. The molecule has 23 heavy (non-hydrogen) atoms. The van der Waals surface area contributed by atoms with Gasteiger partial charge in [-0.1, -0.05) is 18.2 Å². The Labute approximate surface area is 137 Å². The lowest BCUT2D eigenvalue weighted by Gasteiger charge is -2.37. The minimum Gasteiger partial charge on any atom is -0.375 e.